The Morgan fingerprint density at radius 3 is 2.72 bits per heavy atom. The van der Waals surface area contributed by atoms with Crippen molar-refractivity contribution >= 4 is 15.9 Å². The van der Waals surface area contributed by atoms with Crippen LogP contribution in [0.1, 0.15) is 32.8 Å². The quantitative estimate of drug-likeness (QED) is 0.861. The standard InChI is InChI=1S/C15H21BrFN/c1-4-18-14(12-9-15(12,2)3)8-10-7-11(16)5-6-13(10)17/h5-7,12,14,18H,4,8-9H2,1-3H3. The van der Waals surface area contributed by atoms with Gasteiger partial charge in [0.1, 0.15) is 5.82 Å². The molecule has 0 radical (unpaired) electrons. The molecule has 1 saturated carbocycles. The Morgan fingerprint density at radius 1 is 1.50 bits per heavy atom. The lowest BCUT2D eigenvalue weighted by Gasteiger charge is -2.20. The first-order valence-electron chi connectivity index (χ1n) is 6.61. The summed E-state index contributed by atoms with van der Waals surface area (Å²) in [4.78, 5) is 0. The summed E-state index contributed by atoms with van der Waals surface area (Å²) in [7, 11) is 0. The lowest BCUT2D eigenvalue weighted by atomic mass is 9.97. The summed E-state index contributed by atoms with van der Waals surface area (Å²) in [5, 5.41) is 3.51. The molecule has 2 unspecified atom stereocenters. The zero-order chi connectivity index (χ0) is 13.3. The van der Waals surface area contributed by atoms with E-state index < -0.39 is 0 Å². The van der Waals surface area contributed by atoms with Gasteiger partial charge in [-0.05, 0) is 54.5 Å². The highest BCUT2D eigenvalue weighted by Crippen LogP contribution is 2.54. The van der Waals surface area contributed by atoms with Gasteiger partial charge < -0.3 is 5.32 Å². The van der Waals surface area contributed by atoms with Crippen LogP contribution in [0.3, 0.4) is 0 Å². The fourth-order valence-electron chi connectivity index (χ4n) is 2.75. The van der Waals surface area contributed by atoms with E-state index in [1.807, 2.05) is 6.07 Å². The fourth-order valence-corrected chi connectivity index (χ4v) is 3.16. The molecule has 1 aromatic rings. The van der Waals surface area contributed by atoms with Crippen molar-refractivity contribution in [1.82, 2.24) is 5.32 Å². The Bertz CT molecular complexity index is 431. The fraction of sp³-hybridized carbons (Fsp3) is 0.600. The molecule has 2 rings (SSSR count). The van der Waals surface area contributed by atoms with E-state index in [0.717, 1.165) is 23.0 Å². The van der Waals surface area contributed by atoms with Gasteiger partial charge in [0.25, 0.3) is 0 Å². The summed E-state index contributed by atoms with van der Waals surface area (Å²) in [6, 6.07) is 5.58. The smallest absolute Gasteiger partial charge is 0.126 e. The number of hydrogen-bond acceptors (Lipinski definition) is 1. The van der Waals surface area contributed by atoms with Gasteiger partial charge >= 0.3 is 0 Å². The minimum atomic E-state index is -0.0976. The summed E-state index contributed by atoms with van der Waals surface area (Å²) < 4.78 is 14.7. The van der Waals surface area contributed by atoms with Crippen molar-refractivity contribution in [1.29, 1.82) is 0 Å². The summed E-state index contributed by atoms with van der Waals surface area (Å²) in [5.41, 5.74) is 1.22. The van der Waals surface area contributed by atoms with Crippen LogP contribution in [0.15, 0.2) is 22.7 Å². The Balaban J connectivity index is 2.11. The van der Waals surface area contributed by atoms with E-state index in [1.54, 1.807) is 12.1 Å². The molecule has 3 heteroatoms. The summed E-state index contributed by atoms with van der Waals surface area (Å²) in [6.07, 6.45) is 2.01. The third-order valence-corrected chi connectivity index (χ3v) is 4.48. The number of likely N-dealkylation sites (N-methyl/N-ethyl adjacent to an activating group) is 1. The summed E-state index contributed by atoms with van der Waals surface area (Å²) in [5.74, 6) is 0.565. The van der Waals surface area contributed by atoms with Crippen molar-refractivity contribution in [2.24, 2.45) is 11.3 Å². The molecule has 1 aromatic carbocycles. The maximum absolute atomic E-state index is 13.8. The van der Waals surface area contributed by atoms with Gasteiger partial charge in [-0.1, -0.05) is 36.7 Å². The van der Waals surface area contributed by atoms with Crippen LogP contribution in [-0.4, -0.2) is 12.6 Å². The van der Waals surface area contributed by atoms with E-state index in [9.17, 15) is 4.39 Å². The number of halogens is 2. The van der Waals surface area contributed by atoms with Crippen molar-refractivity contribution in [2.45, 2.75) is 39.7 Å². The van der Waals surface area contributed by atoms with Crippen LogP contribution in [0.2, 0.25) is 0 Å². The van der Waals surface area contributed by atoms with E-state index >= 15 is 0 Å². The van der Waals surface area contributed by atoms with Gasteiger partial charge in [-0.2, -0.15) is 0 Å². The average molecular weight is 314 g/mol. The zero-order valence-electron chi connectivity index (χ0n) is 11.3. The Kier molecular flexibility index (Phi) is 4.12. The first-order chi connectivity index (χ1) is 8.44. The minimum absolute atomic E-state index is 0.0976. The molecule has 2 atom stereocenters. The maximum Gasteiger partial charge on any atom is 0.126 e. The molecule has 1 nitrogen and oxygen atoms in total. The number of rotatable bonds is 5. The molecular formula is C15H21BrFN. The lowest BCUT2D eigenvalue weighted by Crippen LogP contribution is -2.34. The highest BCUT2D eigenvalue weighted by atomic mass is 79.9. The maximum atomic E-state index is 13.8. The molecule has 1 fully saturated rings. The van der Waals surface area contributed by atoms with E-state index in [4.69, 9.17) is 0 Å². The molecular weight excluding hydrogens is 293 g/mol. The average Bonchev–Trinajstić information content (AvgIpc) is 2.92. The van der Waals surface area contributed by atoms with Gasteiger partial charge in [0.2, 0.25) is 0 Å². The second-order valence-corrected chi connectivity index (χ2v) is 6.82. The van der Waals surface area contributed by atoms with Gasteiger partial charge in [-0.3, -0.25) is 0 Å². The normalized spacial score (nSPS) is 22.8. The van der Waals surface area contributed by atoms with Crippen LogP contribution in [0.4, 0.5) is 4.39 Å². The van der Waals surface area contributed by atoms with Crippen molar-refractivity contribution in [3.63, 3.8) is 0 Å². The molecule has 0 aliphatic heterocycles. The van der Waals surface area contributed by atoms with Gasteiger partial charge in [0.15, 0.2) is 0 Å². The van der Waals surface area contributed by atoms with Crippen molar-refractivity contribution in [3.05, 3.63) is 34.1 Å². The highest BCUT2D eigenvalue weighted by Gasteiger charge is 2.49. The lowest BCUT2D eigenvalue weighted by molar-refractivity contribution is 0.404. The Morgan fingerprint density at radius 2 is 2.17 bits per heavy atom. The number of benzene rings is 1. The molecule has 0 spiro atoms. The topological polar surface area (TPSA) is 12.0 Å². The van der Waals surface area contributed by atoms with E-state index in [0.29, 0.717) is 17.4 Å². The molecule has 0 amide bonds. The van der Waals surface area contributed by atoms with Crippen LogP contribution in [0, 0.1) is 17.2 Å². The first kappa shape index (κ1) is 14.0. The predicted octanol–water partition coefficient (Wildman–Crippen LogP) is 4.15. The molecule has 1 aliphatic carbocycles. The number of nitrogens with one attached hydrogen (secondary N) is 1. The first-order valence-corrected chi connectivity index (χ1v) is 7.40. The second-order valence-electron chi connectivity index (χ2n) is 5.90. The van der Waals surface area contributed by atoms with Crippen LogP contribution in [0.25, 0.3) is 0 Å². The zero-order valence-corrected chi connectivity index (χ0v) is 12.8. The van der Waals surface area contributed by atoms with Crippen molar-refractivity contribution < 1.29 is 4.39 Å². The van der Waals surface area contributed by atoms with Crippen molar-refractivity contribution in [2.75, 3.05) is 6.54 Å². The second kappa shape index (κ2) is 5.30. The third-order valence-electron chi connectivity index (χ3n) is 3.99. The minimum Gasteiger partial charge on any atom is -0.314 e. The van der Waals surface area contributed by atoms with Crippen LogP contribution >= 0.6 is 15.9 Å². The Labute approximate surface area is 117 Å². The summed E-state index contributed by atoms with van der Waals surface area (Å²) >= 11 is 3.41. The highest BCUT2D eigenvalue weighted by molar-refractivity contribution is 9.10. The number of hydrogen-bond donors (Lipinski definition) is 1. The van der Waals surface area contributed by atoms with Gasteiger partial charge in [-0.25, -0.2) is 4.39 Å². The molecule has 0 saturated heterocycles. The molecule has 100 valence electrons. The monoisotopic (exact) mass is 313 g/mol. The van der Waals surface area contributed by atoms with Gasteiger partial charge in [0.05, 0.1) is 0 Å². The molecule has 1 N–H and O–H groups in total. The molecule has 0 aromatic heterocycles. The molecule has 0 bridgehead atoms. The largest absolute Gasteiger partial charge is 0.314 e. The summed E-state index contributed by atoms with van der Waals surface area (Å²) in [6.45, 7) is 7.63. The SMILES string of the molecule is CCNC(Cc1cc(Br)ccc1F)C1CC1(C)C. The third kappa shape index (κ3) is 3.12. The van der Waals surface area contributed by atoms with Gasteiger partial charge in [-0.15, -0.1) is 0 Å². The van der Waals surface area contributed by atoms with E-state index in [2.05, 4.69) is 42.0 Å². The van der Waals surface area contributed by atoms with E-state index in [1.165, 1.54) is 6.42 Å². The molecule has 0 heterocycles. The van der Waals surface area contributed by atoms with E-state index in [-0.39, 0.29) is 5.82 Å². The molecule has 1 aliphatic rings. The van der Waals surface area contributed by atoms with Crippen LogP contribution < -0.4 is 5.32 Å². The predicted molar refractivity (Wildman–Crippen MR) is 77.2 cm³/mol. The van der Waals surface area contributed by atoms with Gasteiger partial charge in [0, 0.05) is 10.5 Å². The molecule has 18 heavy (non-hydrogen) atoms. The van der Waals surface area contributed by atoms with Crippen LogP contribution in [0.5, 0.6) is 0 Å². The Hall–Kier alpha value is -0.410. The van der Waals surface area contributed by atoms with Crippen LogP contribution in [-0.2, 0) is 6.42 Å². The van der Waals surface area contributed by atoms with Crippen molar-refractivity contribution in [3.8, 4) is 0 Å².